The van der Waals surface area contributed by atoms with Gasteiger partial charge in [-0.15, -0.1) is 11.3 Å². The standard InChI is InChI=1S/C21H25NO3S/c1-12-9-13(2)19(14(3)10-12)22-20(23)15(4)25-21(24)18-11-16-7-5-6-8-17(16)26-18/h9-11,15H,5-8H2,1-4H3,(H,22,23)/t15-/m1/s1. The van der Waals surface area contributed by atoms with Gasteiger partial charge in [0.05, 0.1) is 0 Å². The van der Waals surface area contributed by atoms with Crippen molar-refractivity contribution in [3.05, 3.63) is 50.2 Å². The van der Waals surface area contributed by atoms with Crippen LogP contribution in [-0.2, 0) is 22.4 Å². The third-order valence-corrected chi connectivity index (χ3v) is 5.99. The van der Waals surface area contributed by atoms with Crippen molar-refractivity contribution in [2.75, 3.05) is 5.32 Å². The SMILES string of the molecule is Cc1cc(C)c(NC(=O)[C@@H](C)OC(=O)c2cc3c(s2)CCCC3)c(C)c1. The maximum absolute atomic E-state index is 12.5. The van der Waals surface area contributed by atoms with Crippen molar-refractivity contribution < 1.29 is 14.3 Å². The molecule has 1 N–H and O–H groups in total. The second kappa shape index (κ2) is 7.62. The van der Waals surface area contributed by atoms with Crippen LogP contribution in [0.25, 0.3) is 0 Å². The third-order valence-electron chi connectivity index (χ3n) is 4.78. The number of amides is 1. The minimum absolute atomic E-state index is 0.310. The number of nitrogens with one attached hydrogen (secondary N) is 1. The van der Waals surface area contributed by atoms with E-state index < -0.39 is 12.1 Å². The van der Waals surface area contributed by atoms with E-state index in [1.807, 2.05) is 39.0 Å². The summed E-state index contributed by atoms with van der Waals surface area (Å²) in [5, 5.41) is 2.90. The molecule has 1 heterocycles. The van der Waals surface area contributed by atoms with Gasteiger partial charge in [0.2, 0.25) is 0 Å². The number of rotatable bonds is 4. The number of benzene rings is 1. The van der Waals surface area contributed by atoms with Crippen LogP contribution in [0.4, 0.5) is 5.69 Å². The number of fused-ring (bicyclic) bond motifs is 1. The van der Waals surface area contributed by atoms with E-state index >= 15 is 0 Å². The van der Waals surface area contributed by atoms with E-state index in [0.717, 1.165) is 35.2 Å². The number of thiophene rings is 1. The number of anilines is 1. The zero-order chi connectivity index (χ0) is 18.8. The van der Waals surface area contributed by atoms with Crippen LogP contribution >= 0.6 is 11.3 Å². The maximum Gasteiger partial charge on any atom is 0.349 e. The first-order valence-electron chi connectivity index (χ1n) is 9.06. The summed E-state index contributed by atoms with van der Waals surface area (Å²) in [6, 6.07) is 5.98. The molecule has 1 aromatic carbocycles. The summed E-state index contributed by atoms with van der Waals surface area (Å²) in [7, 11) is 0. The van der Waals surface area contributed by atoms with E-state index in [4.69, 9.17) is 4.74 Å². The molecule has 138 valence electrons. The molecule has 2 aromatic rings. The zero-order valence-corrected chi connectivity index (χ0v) is 16.6. The van der Waals surface area contributed by atoms with Gasteiger partial charge in [-0.1, -0.05) is 17.7 Å². The highest BCUT2D eigenvalue weighted by Gasteiger charge is 2.23. The highest BCUT2D eigenvalue weighted by Crippen LogP contribution is 2.30. The van der Waals surface area contributed by atoms with E-state index in [2.05, 4.69) is 5.32 Å². The van der Waals surface area contributed by atoms with E-state index in [1.165, 1.54) is 34.6 Å². The molecular formula is C21H25NO3S. The second-order valence-electron chi connectivity index (χ2n) is 7.08. The molecule has 0 aliphatic heterocycles. The van der Waals surface area contributed by atoms with Gasteiger partial charge in [0.25, 0.3) is 5.91 Å². The molecular weight excluding hydrogens is 346 g/mol. The van der Waals surface area contributed by atoms with Crippen molar-refractivity contribution in [3.8, 4) is 0 Å². The van der Waals surface area contributed by atoms with Crippen molar-refractivity contribution in [3.63, 3.8) is 0 Å². The van der Waals surface area contributed by atoms with Crippen LogP contribution in [0.15, 0.2) is 18.2 Å². The van der Waals surface area contributed by atoms with Gasteiger partial charge in [0, 0.05) is 10.6 Å². The lowest BCUT2D eigenvalue weighted by Gasteiger charge is -2.16. The Bertz CT molecular complexity index is 806. The van der Waals surface area contributed by atoms with E-state index in [9.17, 15) is 9.59 Å². The fraction of sp³-hybridized carbons (Fsp3) is 0.429. The van der Waals surface area contributed by atoms with Gasteiger partial charge < -0.3 is 10.1 Å². The van der Waals surface area contributed by atoms with Crippen LogP contribution in [0.1, 0.15) is 56.6 Å². The highest BCUT2D eigenvalue weighted by atomic mass is 32.1. The minimum Gasteiger partial charge on any atom is -0.448 e. The van der Waals surface area contributed by atoms with Crippen LogP contribution in [0.2, 0.25) is 0 Å². The number of ether oxygens (including phenoxy) is 1. The normalized spacial score (nSPS) is 14.5. The molecule has 3 rings (SSSR count). The molecule has 1 atom stereocenters. The van der Waals surface area contributed by atoms with E-state index in [-0.39, 0.29) is 5.91 Å². The Labute approximate surface area is 158 Å². The first-order valence-corrected chi connectivity index (χ1v) is 9.88. The molecule has 1 amide bonds. The van der Waals surface area contributed by atoms with Gasteiger partial charge in [-0.3, -0.25) is 4.79 Å². The summed E-state index contributed by atoms with van der Waals surface area (Å²) in [5.41, 5.74) is 5.20. The third kappa shape index (κ3) is 3.98. The lowest BCUT2D eigenvalue weighted by molar-refractivity contribution is -0.123. The average Bonchev–Trinajstić information content (AvgIpc) is 3.02. The number of esters is 1. The average molecular weight is 372 g/mol. The Hall–Kier alpha value is -2.14. The summed E-state index contributed by atoms with van der Waals surface area (Å²) < 4.78 is 5.41. The topological polar surface area (TPSA) is 55.4 Å². The molecule has 0 saturated heterocycles. The molecule has 0 radical (unpaired) electrons. The predicted molar refractivity (Wildman–Crippen MR) is 105 cm³/mol. The van der Waals surface area contributed by atoms with E-state index in [1.54, 1.807) is 6.92 Å². The number of hydrogen-bond donors (Lipinski definition) is 1. The molecule has 5 heteroatoms. The molecule has 4 nitrogen and oxygen atoms in total. The Morgan fingerprint density at radius 1 is 1.08 bits per heavy atom. The number of carbonyl (C=O) groups is 2. The Morgan fingerprint density at radius 2 is 1.73 bits per heavy atom. The number of hydrogen-bond acceptors (Lipinski definition) is 4. The molecule has 0 fully saturated rings. The second-order valence-corrected chi connectivity index (χ2v) is 8.21. The monoisotopic (exact) mass is 371 g/mol. The number of carbonyl (C=O) groups excluding carboxylic acids is 2. The largest absolute Gasteiger partial charge is 0.448 e. The van der Waals surface area contributed by atoms with Gasteiger partial charge in [0.1, 0.15) is 4.88 Å². The quantitative estimate of drug-likeness (QED) is 0.790. The molecule has 0 spiro atoms. The van der Waals surface area contributed by atoms with Gasteiger partial charge in [-0.2, -0.15) is 0 Å². The highest BCUT2D eigenvalue weighted by molar-refractivity contribution is 7.14. The zero-order valence-electron chi connectivity index (χ0n) is 15.8. The molecule has 1 aromatic heterocycles. The molecule has 1 aliphatic rings. The molecule has 1 aliphatic carbocycles. The van der Waals surface area contributed by atoms with Gasteiger partial charge in [0.15, 0.2) is 6.10 Å². The lowest BCUT2D eigenvalue weighted by atomic mass is 9.99. The summed E-state index contributed by atoms with van der Waals surface area (Å²) in [6.07, 6.45) is 3.57. The van der Waals surface area contributed by atoms with Crippen LogP contribution in [0, 0.1) is 20.8 Å². The Morgan fingerprint density at radius 3 is 2.38 bits per heavy atom. The molecule has 0 unspecified atom stereocenters. The summed E-state index contributed by atoms with van der Waals surface area (Å²) in [6.45, 7) is 7.56. The number of aryl methyl sites for hydroxylation is 5. The van der Waals surface area contributed by atoms with Crippen molar-refractivity contribution in [1.82, 2.24) is 0 Å². The van der Waals surface area contributed by atoms with Crippen LogP contribution in [0.5, 0.6) is 0 Å². The van der Waals surface area contributed by atoms with Gasteiger partial charge >= 0.3 is 5.97 Å². The maximum atomic E-state index is 12.5. The van der Waals surface area contributed by atoms with E-state index in [0.29, 0.717) is 4.88 Å². The smallest absolute Gasteiger partial charge is 0.349 e. The summed E-state index contributed by atoms with van der Waals surface area (Å²) >= 11 is 1.50. The van der Waals surface area contributed by atoms with Gasteiger partial charge in [-0.25, -0.2) is 4.79 Å². The van der Waals surface area contributed by atoms with Crippen LogP contribution < -0.4 is 5.32 Å². The Kier molecular flexibility index (Phi) is 5.47. The first-order chi connectivity index (χ1) is 12.3. The Balaban J connectivity index is 1.66. The molecule has 0 saturated carbocycles. The fourth-order valence-electron chi connectivity index (χ4n) is 3.47. The minimum atomic E-state index is -0.846. The van der Waals surface area contributed by atoms with Crippen molar-refractivity contribution in [2.24, 2.45) is 0 Å². The van der Waals surface area contributed by atoms with Crippen molar-refractivity contribution in [2.45, 2.75) is 59.5 Å². The van der Waals surface area contributed by atoms with Crippen molar-refractivity contribution >= 4 is 28.9 Å². The van der Waals surface area contributed by atoms with Crippen LogP contribution in [-0.4, -0.2) is 18.0 Å². The molecule has 0 bridgehead atoms. The fourth-order valence-corrected chi connectivity index (χ4v) is 4.60. The van der Waals surface area contributed by atoms with Crippen molar-refractivity contribution in [1.29, 1.82) is 0 Å². The predicted octanol–water partition coefficient (Wildman–Crippen LogP) is 4.74. The summed E-state index contributed by atoms with van der Waals surface area (Å²) in [5.74, 6) is -0.723. The lowest BCUT2D eigenvalue weighted by Crippen LogP contribution is -2.30. The molecule has 26 heavy (non-hydrogen) atoms. The van der Waals surface area contributed by atoms with Crippen LogP contribution in [0.3, 0.4) is 0 Å². The van der Waals surface area contributed by atoms with Gasteiger partial charge in [-0.05, 0) is 76.1 Å². The summed E-state index contributed by atoms with van der Waals surface area (Å²) in [4.78, 5) is 26.8. The first kappa shape index (κ1) is 18.6.